The lowest BCUT2D eigenvalue weighted by molar-refractivity contribution is 0.101. The molecule has 1 aliphatic rings. The van der Waals surface area contributed by atoms with E-state index in [1.54, 1.807) is 6.07 Å². The molecule has 2 N–H and O–H groups in total. The lowest BCUT2D eigenvalue weighted by atomic mass is 9.93. The van der Waals surface area contributed by atoms with E-state index < -0.39 is 22.2 Å². The van der Waals surface area contributed by atoms with Crippen molar-refractivity contribution in [3.8, 4) is 5.75 Å². The summed E-state index contributed by atoms with van der Waals surface area (Å²) in [6.07, 6.45) is 2.56. The number of halogens is 1. The molecule has 5 nitrogen and oxygen atoms in total. The van der Waals surface area contributed by atoms with Gasteiger partial charge in [0.2, 0.25) is 10.0 Å². The minimum atomic E-state index is -3.64. The summed E-state index contributed by atoms with van der Waals surface area (Å²) in [5, 5.41) is 9.86. The Morgan fingerprint density at radius 1 is 1.35 bits per heavy atom. The highest BCUT2D eigenvalue weighted by atomic mass is 79.9. The Morgan fingerprint density at radius 2 is 2.05 bits per heavy atom. The Labute approximate surface area is 127 Å². The van der Waals surface area contributed by atoms with Crippen molar-refractivity contribution in [1.82, 2.24) is 4.72 Å². The average molecular weight is 364 g/mol. The molecule has 1 aliphatic carbocycles. The van der Waals surface area contributed by atoms with Gasteiger partial charge in [-0.25, -0.2) is 13.1 Å². The third-order valence-electron chi connectivity index (χ3n) is 3.47. The third kappa shape index (κ3) is 3.52. The highest BCUT2D eigenvalue weighted by molar-refractivity contribution is 9.10. The number of hydrogen-bond donors (Lipinski definition) is 2. The first-order valence-corrected chi connectivity index (χ1v) is 8.75. The van der Waals surface area contributed by atoms with E-state index in [0.29, 0.717) is 23.1 Å². The molecule has 0 bridgehead atoms. The van der Waals surface area contributed by atoms with Crippen molar-refractivity contribution in [3.63, 3.8) is 0 Å². The molecule has 112 valence electrons. The van der Waals surface area contributed by atoms with Crippen molar-refractivity contribution >= 4 is 26.0 Å². The first kappa shape index (κ1) is 15.8. The second-order valence-corrected chi connectivity index (χ2v) is 7.44. The lowest BCUT2D eigenvalue weighted by Gasteiger charge is -2.28. The van der Waals surface area contributed by atoms with Crippen molar-refractivity contribution < 1.29 is 18.3 Å². The summed E-state index contributed by atoms with van der Waals surface area (Å²) in [5.41, 5.74) is 0. The zero-order valence-corrected chi connectivity index (χ0v) is 13.6. The molecule has 20 heavy (non-hydrogen) atoms. The van der Waals surface area contributed by atoms with Crippen LogP contribution in [0.2, 0.25) is 0 Å². The normalized spacial score (nSPS) is 23.6. The minimum Gasteiger partial charge on any atom is -0.496 e. The summed E-state index contributed by atoms with van der Waals surface area (Å²) in [6, 6.07) is 4.17. The number of aliphatic hydroxyl groups is 1. The lowest BCUT2D eigenvalue weighted by Crippen LogP contribution is -2.44. The zero-order chi connectivity index (χ0) is 14.8. The molecular weight excluding hydrogens is 346 g/mol. The topological polar surface area (TPSA) is 75.6 Å². The summed E-state index contributed by atoms with van der Waals surface area (Å²) < 4.78 is 32.9. The fraction of sp³-hybridized carbons (Fsp3) is 0.538. The molecule has 0 saturated heterocycles. The molecule has 7 heteroatoms. The second kappa shape index (κ2) is 6.43. The Bertz CT molecular complexity index is 576. The average Bonchev–Trinajstić information content (AvgIpc) is 2.41. The summed E-state index contributed by atoms with van der Waals surface area (Å²) in [7, 11) is -2.12. The molecule has 2 atom stereocenters. The van der Waals surface area contributed by atoms with Gasteiger partial charge in [0, 0.05) is 6.04 Å². The smallest absolute Gasteiger partial charge is 0.240 e. The third-order valence-corrected chi connectivity index (χ3v) is 5.58. The maximum atomic E-state index is 12.3. The SMILES string of the molecule is COc1ccc(S(=O)(=O)N[C@H]2CCCC[C@@H]2O)cc1Br. The van der Waals surface area contributed by atoms with Crippen molar-refractivity contribution in [2.75, 3.05) is 7.11 Å². The van der Waals surface area contributed by atoms with E-state index in [1.807, 2.05) is 0 Å². The first-order valence-electron chi connectivity index (χ1n) is 6.48. The van der Waals surface area contributed by atoms with Crippen LogP contribution in [0.4, 0.5) is 0 Å². The number of benzene rings is 1. The molecular formula is C13H18BrNO4S. The van der Waals surface area contributed by atoms with Crippen LogP contribution in [0.5, 0.6) is 5.75 Å². The van der Waals surface area contributed by atoms with Crippen LogP contribution in [0.15, 0.2) is 27.6 Å². The first-order chi connectivity index (χ1) is 9.44. The van der Waals surface area contributed by atoms with Gasteiger partial charge in [-0.1, -0.05) is 12.8 Å². The van der Waals surface area contributed by atoms with E-state index in [2.05, 4.69) is 20.7 Å². The van der Waals surface area contributed by atoms with Crippen LogP contribution in [0, 0.1) is 0 Å². The monoisotopic (exact) mass is 363 g/mol. The van der Waals surface area contributed by atoms with E-state index in [-0.39, 0.29) is 4.90 Å². The molecule has 0 spiro atoms. The standard InChI is InChI=1S/C13H18BrNO4S/c1-19-13-7-6-9(8-10(13)14)20(17,18)15-11-4-2-3-5-12(11)16/h6-8,11-12,15-16H,2-5H2,1H3/t11-,12-/m0/s1. The molecule has 2 rings (SSSR count). The van der Waals surface area contributed by atoms with E-state index >= 15 is 0 Å². The summed E-state index contributed by atoms with van der Waals surface area (Å²) in [6.45, 7) is 0. The van der Waals surface area contributed by atoms with Gasteiger partial charge >= 0.3 is 0 Å². The van der Waals surface area contributed by atoms with Gasteiger partial charge < -0.3 is 9.84 Å². The Hall–Kier alpha value is -0.630. The van der Waals surface area contributed by atoms with Gasteiger partial charge in [-0.3, -0.25) is 0 Å². The molecule has 1 fully saturated rings. The maximum Gasteiger partial charge on any atom is 0.240 e. The molecule has 1 saturated carbocycles. The van der Waals surface area contributed by atoms with Gasteiger partial charge in [-0.05, 0) is 47.0 Å². The maximum absolute atomic E-state index is 12.3. The minimum absolute atomic E-state index is 0.156. The number of nitrogens with one attached hydrogen (secondary N) is 1. The fourth-order valence-electron chi connectivity index (χ4n) is 2.33. The van der Waals surface area contributed by atoms with Crippen LogP contribution in [-0.4, -0.2) is 32.8 Å². The predicted octanol–water partition coefficient (Wildman–Crippen LogP) is 2.04. The number of sulfonamides is 1. The molecule has 0 aliphatic heterocycles. The highest BCUT2D eigenvalue weighted by Crippen LogP contribution is 2.28. The summed E-state index contributed by atoms with van der Waals surface area (Å²) in [5.74, 6) is 0.571. The van der Waals surface area contributed by atoms with Gasteiger partial charge in [-0.2, -0.15) is 0 Å². The van der Waals surface area contributed by atoms with Crippen molar-refractivity contribution in [2.24, 2.45) is 0 Å². The van der Waals surface area contributed by atoms with Crippen LogP contribution >= 0.6 is 15.9 Å². The van der Waals surface area contributed by atoms with Crippen LogP contribution in [0.1, 0.15) is 25.7 Å². The van der Waals surface area contributed by atoms with Gasteiger partial charge in [0.05, 0.1) is 22.6 Å². The molecule has 1 aromatic carbocycles. The van der Waals surface area contributed by atoms with E-state index in [0.717, 1.165) is 12.8 Å². The van der Waals surface area contributed by atoms with Crippen molar-refractivity contribution in [1.29, 1.82) is 0 Å². The van der Waals surface area contributed by atoms with E-state index in [1.165, 1.54) is 19.2 Å². The Balaban J connectivity index is 2.19. The zero-order valence-electron chi connectivity index (χ0n) is 11.2. The Kier molecular flexibility index (Phi) is 5.06. The highest BCUT2D eigenvalue weighted by Gasteiger charge is 2.28. The number of aliphatic hydroxyl groups excluding tert-OH is 1. The van der Waals surface area contributed by atoms with E-state index in [9.17, 15) is 13.5 Å². The number of rotatable bonds is 4. The van der Waals surface area contributed by atoms with E-state index in [4.69, 9.17) is 4.74 Å². The van der Waals surface area contributed by atoms with Crippen LogP contribution in [0.25, 0.3) is 0 Å². The van der Waals surface area contributed by atoms with Crippen LogP contribution in [-0.2, 0) is 10.0 Å². The van der Waals surface area contributed by atoms with Crippen molar-refractivity contribution in [2.45, 2.75) is 42.7 Å². The Morgan fingerprint density at radius 3 is 2.65 bits per heavy atom. The van der Waals surface area contributed by atoms with Gasteiger partial charge in [0.1, 0.15) is 5.75 Å². The molecule has 0 unspecified atom stereocenters. The molecule has 1 aromatic rings. The second-order valence-electron chi connectivity index (χ2n) is 4.88. The van der Waals surface area contributed by atoms with Gasteiger partial charge in [0.15, 0.2) is 0 Å². The molecule has 0 heterocycles. The number of methoxy groups -OCH3 is 1. The summed E-state index contributed by atoms with van der Waals surface area (Å²) >= 11 is 3.27. The quantitative estimate of drug-likeness (QED) is 0.858. The molecule has 0 amide bonds. The predicted molar refractivity (Wildman–Crippen MR) is 79.3 cm³/mol. The largest absolute Gasteiger partial charge is 0.496 e. The van der Waals surface area contributed by atoms with Crippen molar-refractivity contribution in [3.05, 3.63) is 22.7 Å². The summed E-state index contributed by atoms with van der Waals surface area (Å²) in [4.78, 5) is 0.156. The fourth-order valence-corrected chi connectivity index (χ4v) is 4.35. The van der Waals surface area contributed by atoms with Gasteiger partial charge in [0.25, 0.3) is 0 Å². The number of ether oxygens (including phenoxy) is 1. The van der Waals surface area contributed by atoms with Gasteiger partial charge in [-0.15, -0.1) is 0 Å². The number of hydrogen-bond acceptors (Lipinski definition) is 4. The molecule has 0 aromatic heterocycles. The molecule has 0 radical (unpaired) electrons. The van der Waals surface area contributed by atoms with Crippen LogP contribution in [0.3, 0.4) is 0 Å². The van der Waals surface area contributed by atoms with Crippen LogP contribution < -0.4 is 9.46 Å².